The van der Waals surface area contributed by atoms with Crippen molar-refractivity contribution in [3.05, 3.63) is 141 Å². The first-order chi connectivity index (χ1) is 32.7. The van der Waals surface area contributed by atoms with Gasteiger partial charge >= 0.3 is 4.96 Å². The number of nitrogens with two attached hydrogens (primary N) is 2. The van der Waals surface area contributed by atoms with E-state index in [9.17, 15) is 15.3 Å². The van der Waals surface area contributed by atoms with Crippen LogP contribution in [0.4, 0.5) is 11.6 Å². The van der Waals surface area contributed by atoms with Crippen LogP contribution in [0.5, 0.6) is 0 Å². The molecule has 7 N–H and O–H groups in total. The minimum Gasteiger partial charge on any atom is -0.394 e. The summed E-state index contributed by atoms with van der Waals surface area (Å²) in [7, 11) is 0. The van der Waals surface area contributed by atoms with Crippen molar-refractivity contribution in [2.24, 2.45) is 0 Å². The summed E-state index contributed by atoms with van der Waals surface area (Å²) in [5.41, 5.74) is 14.2. The van der Waals surface area contributed by atoms with E-state index in [0.717, 1.165) is 32.5 Å². The van der Waals surface area contributed by atoms with Gasteiger partial charge in [0.25, 0.3) is 0 Å². The number of alkyl halides is 2. The van der Waals surface area contributed by atoms with Crippen LogP contribution in [0.25, 0.3) is 21.8 Å². The number of rotatable bonds is 13. The first kappa shape index (κ1) is 53.9. The molecule has 0 bridgehead atoms. The molecule has 0 radical (unpaired) electrons. The van der Waals surface area contributed by atoms with Gasteiger partial charge in [-0.2, -0.15) is 34.4 Å². The summed E-state index contributed by atoms with van der Waals surface area (Å²) in [6, 6.07) is 30.4. The van der Waals surface area contributed by atoms with E-state index in [0.29, 0.717) is 53.8 Å². The molecular formula is C46H50BCl5N6O8S2. The van der Waals surface area contributed by atoms with E-state index >= 15 is 0 Å². The first-order valence-corrected chi connectivity index (χ1v) is 25.1. The molecule has 0 saturated carbocycles. The van der Waals surface area contributed by atoms with Gasteiger partial charge in [0.2, 0.25) is 0 Å². The van der Waals surface area contributed by atoms with E-state index in [-0.39, 0.29) is 18.1 Å². The molecule has 8 atom stereocenters. The number of anilines is 2. The van der Waals surface area contributed by atoms with Crippen molar-refractivity contribution in [2.45, 2.75) is 81.5 Å². The molecule has 362 valence electrons. The van der Waals surface area contributed by atoms with Gasteiger partial charge in [0.05, 0.1) is 69.9 Å². The topological polar surface area (TPSA) is 210 Å². The zero-order valence-corrected chi connectivity index (χ0v) is 42.2. The highest BCUT2D eigenvalue weighted by molar-refractivity contribution is 7.54. The Bertz CT molecular complexity index is 2610. The Morgan fingerprint density at radius 3 is 1.60 bits per heavy atom. The van der Waals surface area contributed by atoms with Crippen LogP contribution in [-0.4, -0.2) is 94.4 Å². The van der Waals surface area contributed by atoms with Crippen LogP contribution in [0, 0.1) is 0 Å². The van der Waals surface area contributed by atoms with Crippen molar-refractivity contribution in [1.29, 1.82) is 0 Å². The number of aromatic nitrogens is 4. The fraction of sp³-hybridized carbons (Fsp3) is 0.348. The lowest BCUT2D eigenvalue weighted by molar-refractivity contribution is -0.147. The molecular weight excluding hydrogens is 1020 g/mol. The standard InChI is InChI=1S/C33H33N3O4S.C12H15N3O4S.CH2Cl2.BCl3/c1-33(39-19-25-15-9-4-10-16-25)30(38-18-24-13-7-3-8-14-24)27(20-37-17-23-11-5-2-6-12-23)40-31(33)29-28-26(21-41-29)32(34)36-22-35-28;1-12(18)9(17)6(2-16)19-10(12)8-7-5(3-20-8)11(13)15-4-14-7;2-1-3;2-1(3)4/h2-16,21-22,27,30-31H,17-20H2,1H3,(H2,34,35,36);3-4,6,9-10,16-18H,2H2,1H3,(H2,13,14,15);1H2;/t27-,30-,31+,33-;6-,9-,10+,12-;;/m11../s1. The highest BCUT2D eigenvalue weighted by atomic mass is 35.6. The fourth-order valence-corrected chi connectivity index (χ4v) is 10.1. The average molecular weight is 1070 g/mol. The Hall–Kier alpha value is -3.47. The Balaban J connectivity index is 0.000000234. The maximum absolute atomic E-state index is 10.5. The lowest BCUT2D eigenvalue weighted by atomic mass is 9.90. The Kier molecular flexibility index (Phi) is 20.3. The molecule has 68 heavy (non-hydrogen) atoms. The lowest BCUT2D eigenvalue weighted by Crippen LogP contribution is -2.47. The Morgan fingerprint density at radius 2 is 1.13 bits per heavy atom. The number of hydrogen-bond acceptors (Lipinski definition) is 16. The number of ether oxygens (including phenoxy) is 5. The van der Waals surface area contributed by atoms with Gasteiger partial charge < -0.3 is 50.5 Å². The number of aliphatic hydroxyl groups excluding tert-OH is 2. The summed E-state index contributed by atoms with van der Waals surface area (Å²) < 4.78 is 32.1. The van der Waals surface area contributed by atoms with Crippen LogP contribution < -0.4 is 11.5 Å². The number of aliphatic hydroxyl groups is 3. The number of halogens is 5. The quantitative estimate of drug-likeness (QED) is 0.0538. The average Bonchev–Trinajstić information content (AvgIpc) is 4.08. The second kappa shape index (κ2) is 25.6. The molecule has 0 unspecified atom stereocenters. The van der Waals surface area contributed by atoms with Crippen molar-refractivity contribution in [3.63, 3.8) is 0 Å². The molecule has 6 heterocycles. The second-order valence-corrected chi connectivity index (χ2v) is 20.3. The van der Waals surface area contributed by atoms with Gasteiger partial charge in [-0.25, -0.2) is 19.9 Å². The molecule has 2 aliphatic heterocycles. The molecule has 2 aliphatic rings. The van der Waals surface area contributed by atoms with Gasteiger partial charge in [0, 0.05) is 10.8 Å². The zero-order chi connectivity index (χ0) is 48.8. The van der Waals surface area contributed by atoms with Crippen molar-refractivity contribution in [3.8, 4) is 0 Å². The van der Waals surface area contributed by atoms with Crippen LogP contribution in [0.15, 0.2) is 114 Å². The van der Waals surface area contributed by atoms with E-state index in [1.165, 1.54) is 30.9 Å². The summed E-state index contributed by atoms with van der Waals surface area (Å²) in [4.78, 5) is 17.7. The number of thiophene rings is 2. The highest BCUT2D eigenvalue weighted by Gasteiger charge is 2.57. The zero-order valence-electron chi connectivity index (χ0n) is 36.8. The summed E-state index contributed by atoms with van der Waals surface area (Å²) in [6.45, 7) is 4.83. The first-order valence-electron chi connectivity index (χ1n) is 21.0. The van der Waals surface area contributed by atoms with Crippen LogP contribution in [-0.2, 0) is 43.5 Å². The molecule has 22 heteroatoms. The summed E-state index contributed by atoms with van der Waals surface area (Å²) in [6.07, 6.45) is -1.21. The number of nitrogen functional groups attached to an aromatic ring is 2. The predicted octanol–water partition coefficient (Wildman–Crippen LogP) is 9.42. The van der Waals surface area contributed by atoms with E-state index < -0.39 is 46.7 Å². The maximum Gasteiger partial charge on any atom is 0.450 e. The predicted molar refractivity (Wildman–Crippen MR) is 273 cm³/mol. The van der Waals surface area contributed by atoms with Crippen molar-refractivity contribution >= 4 is 119 Å². The number of fused-ring (bicyclic) bond motifs is 2. The molecule has 2 saturated heterocycles. The van der Waals surface area contributed by atoms with Crippen molar-refractivity contribution in [1.82, 2.24) is 19.9 Å². The molecule has 14 nitrogen and oxygen atoms in total. The third-order valence-electron chi connectivity index (χ3n) is 11.1. The molecule has 0 spiro atoms. The Labute approximate surface area is 427 Å². The number of hydrogen-bond donors (Lipinski definition) is 5. The van der Waals surface area contributed by atoms with Gasteiger partial charge in [0.1, 0.15) is 72.1 Å². The Morgan fingerprint density at radius 1 is 0.691 bits per heavy atom. The lowest BCUT2D eigenvalue weighted by Gasteiger charge is -2.35. The number of nitrogens with zero attached hydrogens (tertiary/aromatic N) is 4. The smallest absolute Gasteiger partial charge is 0.394 e. The SMILES string of the molecule is C[C@@]1(O)[C@H](O)[C@@H](CO)O[C@H]1c1scc2c(N)ncnc12.C[C@@]1(OCc2ccccc2)[C@H](OCc2ccccc2)[C@@H](COCc2ccccc2)O[C@H]1c1scc2c(N)ncnc12.ClB(Cl)Cl.ClCCl. The van der Waals surface area contributed by atoms with E-state index in [1.807, 2.05) is 60.0 Å². The molecule has 9 rings (SSSR count). The van der Waals surface area contributed by atoms with Crippen LogP contribution in [0.1, 0.15) is 52.5 Å². The number of benzene rings is 3. The van der Waals surface area contributed by atoms with Gasteiger partial charge in [-0.1, -0.05) is 91.0 Å². The van der Waals surface area contributed by atoms with E-state index in [2.05, 4.69) is 63.3 Å². The third kappa shape index (κ3) is 13.3. The largest absolute Gasteiger partial charge is 0.450 e. The van der Waals surface area contributed by atoms with Gasteiger partial charge in [-0.05, 0) is 30.5 Å². The molecule has 4 aromatic heterocycles. The minimum absolute atomic E-state index is 0.194. The van der Waals surface area contributed by atoms with Crippen molar-refractivity contribution < 1.29 is 39.0 Å². The summed E-state index contributed by atoms with van der Waals surface area (Å²) in [5, 5.41) is 35.2. The molecule has 7 aromatic rings. The van der Waals surface area contributed by atoms with E-state index in [4.69, 9.17) is 92.7 Å². The second-order valence-electron chi connectivity index (χ2n) is 15.7. The molecule has 3 aromatic carbocycles. The minimum atomic E-state index is -1.51. The van der Waals surface area contributed by atoms with Crippen molar-refractivity contribution in [2.75, 3.05) is 30.0 Å². The van der Waals surface area contributed by atoms with Crippen LogP contribution >= 0.6 is 80.3 Å². The van der Waals surface area contributed by atoms with E-state index in [1.54, 1.807) is 16.7 Å². The van der Waals surface area contributed by atoms with Gasteiger partial charge in [0.15, 0.2) is 0 Å². The van der Waals surface area contributed by atoms with Gasteiger partial charge in [-0.15, -0.1) is 45.9 Å². The third-order valence-corrected chi connectivity index (χ3v) is 13.2. The molecule has 2 fully saturated rings. The monoisotopic (exact) mass is 1060 g/mol. The van der Waals surface area contributed by atoms with Crippen LogP contribution in [0.3, 0.4) is 0 Å². The highest BCUT2D eigenvalue weighted by Crippen LogP contribution is 2.50. The molecule has 0 amide bonds. The summed E-state index contributed by atoms with van der Waals surface area (Å²) in [5.74, 6) is 0.802. The van der Waals surface area contributed by atoms with Gasteiger partial charge in [-0.3, -0.25) is 0 Å². The normalized spacial score (nSPS) is 24.1. The van der Waals surface area contributed by atoms with Crippen LogP contribution in [0.2, 0.25) is 0 Å². The maximum atomic E-state index is 10.5. The summed E-state index contributed by atoms with van der Waals surface area (Å²) >= 11 is 26.8. The molecule has 0 aliphatic carbocycles. The fourth-order valence-electron chi connectivity index (χ4n) is 7.78.